The van der Waals surface area contributed by atoms with Gasteiger partial charge < -0.3 is 4.90 Å². The minimum atomic E-state index is -3.67. The average Bonchev–Trinajstić information content (AvgIpc) is 2.54. The fourth-order valence-corrected chi connectivity index (χ4v) is 4.15. The Morgan fingerprint density at radius 2 is 1.92 bits per heavy atom. The van der Waals surface area contributed by atoms with Crippen molar-refractivity contribution < 1.29 is 8.42 Å². The third-order valence-corrected chi connectivity index (χ3v) is 5.77. The molecule has 1 heterocycles. The molecule has 0 aliphatic rings. The number of sulfonamides is 1. The van der Waals surface area contributed by atoms with E-state index in [0.29, 0.717) is 17.4 Å². The second kappa shape index (κ2) is 8.29. The van der Waals surface area contributed by atoms with E-state index in [0.717, 1.165) is 12.1 Å². The molecule has 0 amide bonds. The van der Waals surface area contributed by atoms with Gasteiger partial charge >= 0.3 is 0 Å². The molecule has 1 aromatic heterocycles. The molecule has 5 nitrogen and oxygen atoms in total. The summed E-state index contributed by atoms with van der Waals surface area (Å²) >= 11 is 9.07. The lowest BCUT2D eigenvalue weighted by Crippen LogP contribution is -2.25. The number of nitrogens with zero attached hydrogens (tertiary/aromatic N) is 2. The maximum Gasteiger partial charge on any atom is 0.243 e. The summed E-state index contributed by atoms with van der Waals surface area (Å²) in [7, 11) is 0.317. The van der Waals surface area contributed by atoms with Crippen LogP contribution in [0.15, 0.2) is 45.9 Å². The first-order chi connectivity index (χ1) is 11.3. The number of rotatable bonds is 7. The third kappa shape index (κ3) is 5.17. The maximum absolute atomic E-state index is 12.3. The largest absolute Gasteiger partial charge is 0.378 e. The van der Waals surface area contributed by atoms with E-state index in [4.69, 9.17) is 11.6 Å². The lowest BCUT2D eigenvalue weighted by molar-refractivity contribution is 0.578. The number of anilines is 1. The standard InChI is InChI=1S/C16H19BrClN3O2S/c1-21(2)14-7-5-12(6-8-14)4-3-9-20-24(22,23)15-10-13(17)11-19-16(15)18/h5-8,10-11,20H,3-4,9H2,1-2H3. The van der Waals surface area contributed by atoms with Crippen LogP contribution >= 0.6 is 27.5 Å². The van der Waals surface area contributed by atoms with Crippen LogP contribution in [0.25, 0.3) is 0 Å². The lowest BCUT2D eigenvalue weighted by Gasteiger charge is -2.12. The van der Waals surface area contributed by atoms with Crippen molar-refractivity contribution in [2.45, 2.75) is 17.7 Å². The molecule has 0 spiro atoms. The number of nitrogens with one attached hydrogen (secondary N) is 1. The number of aromatic nitrogens is 1. The van der Waals surface area contributed by atoms with Gasteiger partial charge in [0.15, 0.2) is 0 Å². The Morgan fingerprint density at radius 1 is 1.25 bits per heavy atom. The van der Waals surface area contributed by atoms with Crippen molar-refractivity contribution in [3.05, 3.63) is 51.7 Å². The smallest absolute Gasteiger partial charge is 0.243 e. The predicted molar refractivity (Wildman–Crippen MR) is 101 cm³/mol. The van der Waals surface area contributed by atoms with Crippen molar-refractivity contribution in [3.8, 4) is 0 Å². The summed E-state index contributed by atoms with van der Waals surface area (Å²) in [6.07, 6.45) is 2.94. The van der Waals surface area contributed by atoms with Crippen LogP contribution in [0.5, 0.6) is 0 Å². The highest BCUT2D eigenvalue weighted by atomic mass is 79.9. The second-order valence-electron chi connectivity index (χ2n) is 5.50. The van der Waals surface area contributed by atoms with E-state index in [-0.39, 0.29) is 10.0 Å². The second-order valence-corrected chi connectivity index (χ2v) is 8.51. The summed E-state index contributed by atoms with van der Waals surface area (Å²) < 4.78 is 27.7. The molecule has 2 rings (SSSR count). The zero-order valence-corrected chi connectivity index (χ0v) is 16.6. The molecule has 0 saturated carbocycles. The molecule has 1 aromatic carbocycles. The molecular formula is C16H19BrClN3O2S. The Morgan fingerprint density at radius 3 is 2.54 bits per heavy atom. The molecule has 0 aliphatic carbocycles. The Bertz CT molecular complexity index is 795. The minimum Gasteiger partial charge on any atom is -0.378 e. The number of halogens is 2. The van der Waals surface area contributed by atoms with Crippen LogP contribution in [0, 0.1) is 0 Å². The van der Waals surface area contributed by atoms with E-state index < -0.39 is 10.0 Å². The van der Waals surface area contributed by atoms with E-state index in [1.165, 1.54) is 17.8 Å². The highest BCUT2D eigenvalue weighted by Crippen LogP contribution is 2.22. The van der Waals surface area contributed by atoms with Gasteiger partial charge in [0.05, 0.1) is 0 Å². The van der Waals surface area contributed by atoms with Crippen molar-refractivity contribution >= 4 is 43.2 Å². The van der Waals surface area contributed by atoms with Gasteiger partial charge in [-0.2, -0.15) is 0 Å². The van der Waals surface area contributed by atoms with Crippen LogP contribution in [0.3, 0.4) is 0 Å². The molecule has 0 saturated heterocycles. The van der Waals surface area contributed by atoms with Gasteiger partial charge in [-0.1, -0.05) is 23.7 Å². The molecule has 130 valence electrons. The van der Waals surface area contributed by atoms with Gasteiger partial charge in [0, 0.05) is 37.0 Å². The van der Waals surface area contributed by atoms with E-state index in [2.05, 4.69) is 37.8 Å². The topological polar surface area (TPSA) is 62.3 Å². The zero-order chi connectivity index (χ0) is 17.7. The van der Waals surface area contributed by atoms with Crippen LogP contribution in [0.1, 0.15) is 12.0 Å². The van der Waals surface area contributed by atoms with Gasteiger partial charge in [-0.3, -0.25) is 0 Å². The number of aryl methyl sites for hydroxylation is 1. The van der Waals surface area contributed by atoms with Crippen LogP contribution in [0.2, 0.25) is 5.15 Å². The van der Waals surface area contributed by atoms with Gasteiger partial charge in [-0.15, -0.1) is 0 Å². The van der Waals surface area contributed by atoms with E-state index in [1.54, 1.807) is 0 Å². The summed E-state index contributed by atoms with van der Waals surface area (Å²) in [5.74, 6) is 0. The molecule has 2 aromatic rings. The average molecular weight is 433 g/mol. The number of pyridine rings is 1. The highest BCUT2D eigenvalue weighted by Gasteiger charge is 2.18. The van der Waals surface area contributed by atoms with E-state index in [1.807, 2.05) is 31.1 Å². The molecule has 0 unspecified atom stereocenters. The van der Waals surface area contributed by atoms with Crippen LogP contribution in [-0.4, -0.2) is 34.0 Å². The van der Waals surface area contributed by atoms with E-state index >= 15 is 0 Å². The minimum absolute atomic E-state index is 0.0196. The Kier molecular flexibility index (Phi) is 6.62. The number of benzene rings is 1. The number of hydrogen-bond acceptors (Lipinski definition) is 4. The first-order valence-electron chi connectivity index (χ1n) is 7.36. The quantitative estimate of drug-likeness (QED) is 0.537. The van der Waals surface area contributed by atoms with Gasteiger partial charge in [-0.05, 0) is 52.5 Å². The summed E-state index contributed by atoms with van der Waals surface area (Å²) in [4.78, 5) is 5.85. The van der Waals surface area contributed by atoms with Gasteiger partial charge in [0.25, 0.3) is 0 Å². The fourth-order valence-electron chi connectivity index (χ4n) is 2.13. The molecule has 0 radical (unpaired) electrons. The molecule has 1 N–H and O–H groups in total. The molecule has 0 fully saturated rings. The van der Waals surface area contributed by atoms with Crippen molar-refractivity contribution in [3.63, 3.8) is 0 Å². The Labute approximate surface area is 156 Å². The van der Waals surface area contributed by atoms with Crippen molar-refractivity contribution in [1.29, 1.82) is 0 Å². The predicted octanol–water partition coefficient (Wildman–Crippen LogP) is 3.47. The molecular weight excluding hydrogens is 414 g/mol. The number of hydrogen-bond donors (Lipinski definition) is 1. The van der Waals surface area contributed by atoms with Crippen molar-refractivity contribution in [2.75, 3.05) is 25.5 Å². The monoisotopic (exact) mass is 431 g/mol. The van der Waals surface area contributed by atoms with Crippen LogP contribution < -0.4 is 9.62 Å². The molecule has 24 heavy (non-hydrogen) atoms. The molecule has 0 atom stereocenters. The Balaban J connectivity index is 1.90. The normalized spacial score (nSPS) is 11.5. The van der Waals surface area contributed by atoms with Crippen LogP contribution in [-0.2, 0) is 16.4 Å². The van der Waals surface area contributed by atoms with Gasteiger partial charge in [-0.25, -0.2) is 18.1 Å². The van der Waals surface area contributed by atoms with Crippen molar-refractivity contribution in [1.82, 2.24) is 9.71 Å². The lowest BCUT2D eigenvalue weighted by atomic mass is 10.1. The fraction of sp³-hybridized carbons (Fsp3) is 0.312. The maximum atomic E-state index is 12.3. The SMILES string of the molecule is CN(C)c1ccc(CCCNS(=O)(=O)c2cc(Br)cnc2Cl)cc1. The Hall–Kier alpha value is -1.15. The molecule has 0 bridgehead atoms. The zero-order valence-electron chi connectivity index (χ0n) is 13.5. The molecule has 0 aliphatic heterocycles. The summed E-state index contributed by atoms with van der Waals surface area (Å²) in [6, 6.07) is 9.65. The van der Waals surface area contributed by atoms with Crippen molar-refractivity contribution in [2.24, 2.45) is 0 Å². The van der Waals surface area contributed by atoms with E-state index in [9.17, 15) is 8.42 Å². The summed E-state index contributed by atoms with van der Waals surface area (Å²) in [5, 5.41) is -0.0371. The van der Waals surface area contributed by atoms with Gasteiger partial charge in [0.1, 0.15) is 10.0 Å². The first kappa shape index (κ1) is 19.2. The molecule has 8 heteroatoms. The third-order valence-electron chi connectivity index (χ3n) is 3.45. The van der Waals surface area contributed by atoms with Crippen LogP contribution in [0.4, 0.5) is 5.69 Å². The van der Waals surface area contributed by atoms with Gasteiger partial charge in [0.2, 0.25) is 10.0 Å². The first-order valence-corrected chi connectivity index (χ1v) is 10.0. The highest BCUT2D eigenvalue weighted by molar-refractivity contribution is 9.10. The summed E-state index contributed by atoms with van der Waals surface area (Å²) in [5.41, 5.74) is 2.30. The summed E-state index contributed by atoms with van der Waals surface area (Å²) in [6.45, 7) is 0.334.